The van der Waals surface area contributed by atoms with Gasteiger partial charge in [-0.3, -0.25) is 9.69 Å². The molecule has 0 spiro atoms. The molecule has 21 heavy (non-hydrogen) atoms. The van der Waals surface area contributed by atoms with Crippen LogP contribution in [-0.2, 0) is 16.6 Å². The Bertz CT molecular complexity index is 461. The van der Waals surface area contributed by atoms with Crippen molar-refractivity contribution in [2.75, 3.05) is 13.1 Å². The lowest BCUT2D eigenvalue weighted by atomic mass is 9.85. The van der Waals surface area contributed by atoms with Gasteiger partial charge in [0.2, 0.25) is 0 Å². The predicted octanol–water partition coefficient (Wildman–Crippen LogP) is 4.22. The van der Waals surface area contributed by atoms with Gasteiger partial charge in [-0.1, -0.05) is 58.9 Å². The number of nitrogens with zero attached hydrogens (tertiary/aromatic N) is 1. The van der Waals surface area contributed by atoms with E-state index in [4.69, 9.17) is 0 Å². The molecule has 0 bridgehead atoms. The summed E-state index contributed by atoms with van der Waals surface area (Å²) in [6.45, 7) is 16.7. The van der Waals surface area contributed by atoms with Crippen LogP contribution >= 0.6 is 0 Å². The summed E-state index contributed by atoms with van der Waals surface area (Å²) in [6, 6.07) is 8.48. The minimum atomic E-state index is -0.397. The first kappa shape index (κ1) is 17.9. The van der Waals surface area contributed by atoms with Crippen LogP contribution in [-0.4, -0.2) is 29.3 Å². The number of likely N-dealkylation sites (N-methyl/N-ethyl adjacent to an activating group) is 1. The highest BCUT2D eigenvalue weighted by atomic mass is 16.1. The Hall–Kier alpha value is -1.15. The Kier molecular flexibility index (Phi) is 5.75. The van der Waals surface area contributed by atoms with Crippen molar-refractivity contribution in [3.63, 3.8) is 0 Å². The number of benzene rings is 1. The van der Waals surface area contributed by atoms with Crippen LogP contribution in [0.4, 0.5) is 0 Å². The van der Waals surface area contributed by atoms with Crippen molar-refractivity contribution < 1.29 is 4.79 Å². The van der Waals surface area contributed by atoms with Crippen molar-refractivity contribution in [1.29, 1.82) is 0 Å². The molecule has 0 radical (unpaired) electrons. The topological polar surface area (TPSA) is 20.3 Å². The molecule has 0 amide bonds. The fourth-order valence-electron chi connectivity index (χ4n) is 2.71. The number of carbonyl (C=O) groups excluding carboxylic acids is 1. The highest BCUT2D eigenvalue weighted by Crippen LogP contribution is 2.23. The molecule has 118 valence electrons. The number of rotatable bonds is 6. The number of hydrogen-bond acceptors (Lipinski definition) is 2. The molecule has 1 aromatic carbocycles. The van der Waals surface area contributed by atoms with Crippen molar-refractivity contribution in [1.82, 2.24) is 4.90 Å². The lowest BCUT2D eigenvalue weighted by molar-refractivity contribution is -0.128. The van der Waals surface area contributed by atoms with E-state index in [2.05, 4.69) is 63.8 Å². The number of Topliss-reactive ketones (excluding diaryl/α,β-unsaturated/α-hetero) is 1. The molecule has 0 unspecified atom stereocenters. The van der Waals surface area contributed by atoms with Crippen molar-refractivity contribution in [2.24, 2.45) is 0 Å². The Balaban J connectivity index is 2.84. The predicted molar refractivity (Wildman–Crippen MR) is 90.9 cm³/mol. The molecule has 0 saturated heterocycles. The molecule has 0 aliphatic heterocycles. The van der Waals surface area contributed by atoms with E-state index >= 15 is 0 Å². The monoisotopic (exact) mass is 289 g/mol. The van der Waals surface area contributed by atoms with Gasteiger partial charge >= 0.3 is 0 Å². The molecule has 1 aromatic rings. The molecule has 0 heterocycles. The van der Waals surface area contributed by atoms with E-state index < -0.39 is 5.54 Å². The minimum Gasteiger partial charge on any atom is -0.297 e. The maximum absolute atomic E-state index is 12.6. The van der Waals surface area contributed by atoms with E-state index in [1.54, 1.807) is 0 Å². The van der Waals surface area contributed by atoms with E-state index in [1.165, 1.54) is 5.56 Å². The zero-order valence-corrected chi connectivity index (χ0v) is 14.8. The molecule has 1 rings (SSSR count). The van der Waals surface area contributed by atoms with Crippen molar-refractivity contribution in [3.05, 3.63) is 35.4 Å². The third kappa shape index (κ3) is 4.41. The zero-order chi connectivity index (χ0) is 16.3. The van der Waals surface area contributed by atoms with Gasteiger partial charge in [0, 0.05) is 6.42 Å². The van der Waals surface area contributed by atoms with E-state index in [9.17, 15) is 4.79 Å². The molecule has 0 atom stereocenters. The second-order valence-electron chi connectivity index (χ2n) is 7.28. The number of hydrogen-bond donors (Lipinski definition) is 0. The standard InChI is InChI=1S/C19H31NO/c1-8-20(9-2)19(6,7)17(21)14-15-10-12-16(13-11-15)18(3,4)5/h10-13H,8-9,14H2,1-7H3. The van der Waals surface area contributed by atoms with E-state index in [-0.39, 0.29) is 11.2 Å². The zero-order valence-electron chi connectivity index (χ0n) is 14.8. The molecule has 2 heteroatoms. The summed E-state index contributed by atoms with van der Waals surface area (Å²) >= 11 is 0. The first-order valence-corrected chi connectivity index (χ1v) is 8.00. The third-order valence-corrected chi connectivity index (χ3v) is 4.42. The van der Waals surface area contributed by atoms with Gasteiger partial charge in [0.15, 0.2) is 5.78 Å². The van der Waals surface area contributed by atoms with Gasteiger partial charge in [-0.2, -0.15) is 0 Å². The molecule has 0 aromatic heterocycles. The second-order valence-corrected chi connectivity index (χ2v) is 7.28. The van der Waals surface area contributed by atoms with Crippen LogP contribution in [0.3, 0.4) is 0 Å². The molecule has 0 aliphatic rings. The number of carbonyl (C=O) groups is 1. The van der Waals surface area contributed by atoms with Crippen LogP contribution in [0, 0.1) is 0 Å². The normalized spacial score (nSPS) is 12.8. The van der Waals surface area contributed by atoms with E-state index in [0.29, 0.717) is 6.42 Å². The first-order valence-electron chi connectivity index (χ1n) is 8.00. The van der Waals surface area contributed by atoms with Crippen LogP contribution in [0.1, 0.15) is 59.6 Å². The summed E-state index contributed by atoms with van der Waals surface area (Å²) in [5.74, 6) is 0.287. The van der Waals surface area contributed by atoms with Crippen LogP contribution in [0.15, 0.2) is 24.3 Å². The molecular formula is C19H31NO. The maximum Gasteiger partial charge on any atom is 0.156 e. The Morgan fingerprint density at radius 1 is 0.952 bits per heavy atom. The Labute approximate surface area is 130 Å². The molecular weight excluding hydrogens is 258 g/mol. The van der Waals surface area contributed by atoms with Crippen LogP contribution < -0.4 is 0 Å². The van der Waals surface area contributed by atoms with Crippen LogP contribution in [0.5, 0.6) is 0 Å². The molecule has 2 nitrogen and oxygen atoms in total. The Morgan fingerprint density at radius 2 is 1.43 bits per heavy atom. The molecule has 0 saturated carbocycles. The quantitative estimate of drug-likeness (QED) is 0.781. The lowest BCUT2D eigenvalue weighted by Crippen LogP contribution is -2.50. The highest BCUT2D eigenvalue weighted by molar-refractivity contribution is 5.89. The fourth-order valence-corrected chi connectivity index (χ4v) is 2.71. The van der Waals surface area contributed by atoms with Crippen LogP contribution in [0.2, 0.25) is 0 Å². The first-order chi connectivity index (χ1) is 9.62. The van der Waals surface area contributed by atoms with Gasteiger partial charge in [-0.25, -0.2) is 0 Å². The lowest BCUT2D eigenvalue weighted by Gasteiger charge is -2.35. The third-order valence-electron chi connectivity index (χ3n) is 4.42. The number of ketones is 1. The highest BCUT2D eigenvalue weighted by Gasteiger charge is 2.32. The average Bonchev–Trinajstić information content (AvgIpc) is 2.39. The van der Waals surface area contributed by atoms with Gasteiger partial charge < -0.3 is 0 Å². The molecule has 0 N–H and O–H groups in total. The summed E-state index contributed by atoms with van der Waals surface area (Å²) in [7, 11) is 0. The molecule has 0 aliphatic carbocycles. The van der Waals surface area contributed by atoms with Gasteiger partial charge in [0.05, 0.1) is 5.54 Å². The fraction of sp³-hybridized carbons (Fsp3) is 0.632. The van der Waals surface area contributed by atoms with Crippen molar-refractivity contribution in [3.8, 4) is 0 Å². The summed E-state index contributed by atoms with van der Waals surface area (Å²) in [4.78, 5) is 14.9. The SMILES string of the molecule is CCN(CC)C(C)(C)C(=O)Cc1ccc(C(C)(C)C)cc1. The second kappa shape index (κ2) is 6.74. The largest absolute Gasteiger partial charge is 0.297 e. The van der Waals surface area contributed by atoms with E-state index in [0.717, 1.165) is 18.7 Å². The van der Waals surface area contributed by atoms with Gasteiger partial charge in [0.25, 0.3) is 0 Å². The summed E-state index contributed by atoms with van der Waals surface area (Å²) in [6.07, 6.45) is 0.508. The van der Waals surface area contributed by atoms with Crippen molar-refractivity contribution >= 4 is 5.78 Å². The molecule has 0 fully saturated rings. The van der Waals surface area contributed by atoms with Gasteiger partial charge in [0.1, 0.15) is 0 Å². The van der Waals surface area contributed by atoms with Gasteiger partial charge in [-0.05, 0) is 43.5 Å². The summed E-state index contributed by atoms with van der Waals surface area (Å²) in [5.41, 5.74) is 2.17. The smallest absolute Gasteiger partial charge is 0.156 e. The Morgan fingerprint density at radius 3 is 1.81 bits per heavy atom. The maximum atomic E-state index is 12.6. The van der Waals surface area contributed by atoms with Crippen LogP contribution in [0.25, 0.3) is 0 Å². The minimum absolute atomic E-state index is 0.156. The van der Waals surface area contributed by atoms with Gasteiger partial charge in [-0.15, -0.1) is 0 Å². The average molecular weight is 289 g/mol. The van der Waals surface area contributed by atoms with E-state index in [1.807, 2.05) is 13.8 Å². The summed E-state index contributed by atoms with van der Waals surface area (Å²) < 4.78 is 0. The summed E-state index contributed by atoms with van der Waals surface area (Å²) in [5, 5.41) is 0. The van der Waals surface area contributed by atoms with Crippen molar-refractivity contribution in [2.45, 2.75) is 65.8 Å².